The average molecular weight is 354 g/mol. The molecule has 2 amide bonds. The fourth-order valence-corrected chi connectivity index (χ4v) is 2.62. The minimum atomic E-state index is -1.00. The van der Waals surface area contributed by atoms with Crippen LogP contribution in [0.3, 0.4) is 0 Å². The van der Waals surface area contributed by atoms with Gasteiger partial charge in [0.25, 0.3) is 11.6 Å². The van der Waals surface area contributed by atoms with Crippen LogP contribution in [0.2, 0.25) is 0 Å². The number of carbonyl (C=O) groups is 3. The number of non-ortho nitro benzene ring substituents is 1. The van der Waals surface area contributed by atoms with Crippen molar-refractivity contribution in [2.45, 2.75) is 19.4 Å². The topological polar surface area (TPSA) is 107 Å². The zero-order valence-corrected chi connectivity index (χ0v) is 13.7. The second-order valence-electron chi connectivity index (χ2n) is 5.73. The Balaban J connectivity index is 1.76. The standard InChI is InChI=1S/C18H14N2O6/c1-11(21)12-2-4-13(5-3-12)19-17(22)10-16(18(19)23)26-15-8-6-14(7-9-15)20(24)25/h2-9,16H,10H2,1H3. The molecule has 1 unspecified atom stereocenters. The van der Waals surface area contributed by atoms with Crippen LogP contribution in [-0.4, -0.2) is 28.6 Å². The first kappa shape index (κ1) is 17.3. The molecule has 0 aliphatic carbocycles. The van der Waals surface area contributed by atoms with Crippen molar-refractivity contribution < 1.29 is 24.0 Å². The Bertz CT molecular complexity index is 889. The summed E-state index contributed by atoms with van der Waals surface area (Å²) in [5, 5.41) is 10.7. The normalized spacial score (nSPS) is 16.7. The molecule has 2 aromatic carbocycles. The van der Waals surface area contributed by atoms with Gasteiger partial charge >= 0.3 is 0 Å². The summed E-state index contributed by atoms with van der Waals surface area (Å²) in [7, 11) is 0. The summed E-state index contributed by atoms with van der Waals surface area (Å²) >= 11 is 0. The highest BCUT2D eigenvalue weighted by Crippen LogP contribution is 2.27. The van der Waals surface area contributed by atoms with Gasteiger partial charge in [0, 0.05) is 17.7 Å². The molecule has 1 saturated heterocycles. The van der Waals surface area contributed by atoms with Crippen LogP contribution in [0.25, 0.3) is 0 Å². The van der Waals surface area contributed by atoms with Crippen molar-refractivity contribution in [2.75, 3.05) is 4.90 Å². The van der Waals surface area contributed by atoms with E-state index in [-0.39, 0.29) is 23.6 Å². The first-order valence-electron chi connectivity index (χ1n) is 7.75. The van der Waals surface area contributed by atoms with E-state index in [9.17, 15) is 24.5 Å². The molecule has 0 spiro atoms. The minimum Gasteiger partial charge on any atom is -0.480 e. The molecular weight excluding hydrogens is 340 g/mol. The molecule has 26 heavy (non-hydrogen) atoms. The van der Waals surface area contributed by atoms with E-state index in [1.54, 1.807) is 12.1 Å². The van der Waals surface area contributed by atoms with Gasteiger partial charge in [0.05, 0.1) is 17.0 Å². The zero-order valence-electron chi connectivity index (χ0n) is 13.7. The van der Waals surface area contributed by atoms with Crippen LogP contribution in [0.5, 0.6) is 5.75 Å². The van der Waals surface area contributed by atoms with E-state index in [0.29, 0.717) is 11.3 Å². The van der Waals surface area contributed by atoms with Crippen LogP contribution in [0.4, 0.5) is 11.4 Å². The van der Waals surface area contributed by atoms with Crippen molar-refractivity contribution in [1.29, 1.82) is 0 Å². The molecule has 132 valence electrons. The van der Waals surface area contributed by atoms with Crippen molar-refractivity contribution >= 4 is 29.0 Å². The molecule has 1 atom stereocenters. The number of anilines is 1. The van der Waals surface area contributed by atoms with Gasteiger partial charge in [-0.3, -0.25) is 24.5 Å². The van der Waals surface area contributed by atoms with Crippen molar-refractivity contribution in [2.24, 2.45) is 0 Å². The third-order valence-corrected chi connectivity index (χ3v) is 3.96. The van der Waals surface area contributed by atoms with Crippen LogP contribution in [0.1, 0.15) is 23.7 Å². The molecule has 0 bridgehead atoms. The van der Waals surface area contributed by atoms with Gasteiger partial charge in [-0.15, -0.1) is 0 Å². The van der Waals surface area contributed by atoms with Crippen LogP contribution < -0.4 is 9.64 Å². The Morgan fingerprint density at radius 3 is 2.27 bits per heavy atom. The van der Waals surface area contributed by atoms with Crippen molar-refractivity contribution in [3.05, 3.63) is 64.2 Å². The first-order valence-corrected chi connectivity index (χ1v) is 7.75. The zero-order chi connectivity index (χ0) is 18.8. The number of nitro benzene ring substituents is 1. The Hall–Kier alpha value is -3.55. The molecule has 0 aromatic heterocycles. The predicted octanol–water partition coefficient (Wildman–Crippen LogP) is 2.51. The second kappa shape index (κ2) is 6.75. The number of hydrogen-bond donors (Lipinski definition) is 0. The number of nitrogens with zero attached hydrogens (tertiary/aromatic N) is 2. The maximum absolute atomic E-state index is 12.5. The molecule has 1 aliphatic heterocycles. The number of imide groups is 1. The number of nitro groups is 1. The van der Waals surface area contributed by atoms with Crippen LogP contribution >= 0.6 is 0 Å². The van der Waals surface area contributed by atoms with Crippen LogP contribution in [0, 0.1) is 10.1 Å². The lowest BCUT2D eigenvalue weighted by Crippen LogP contribution is -2.33. The van der Waals surface area contributed by atoms with E-state index in [0.717, 1.165) is 4.90 Å². The molecule has 1 aliphatic rings. The van der Waals surface area contributed by atoms with E-state index < -0.39 is 22.8 Å². The summed E-state index contributed by atoms with van der Waals surface area (Å²) in [4.78, 5) is 47.2. The average Bonchev–Trinajstić information content (AvgIpc) is 2.89. The highest BCUT2D eigenvalue weighted by molar-refractivity contribution is 6.22. The van der Waals surface area contributed by atoms with E-state index in [2.05, 4.69) is 0 Å². The molecular formula is C18H14N2O6. The SMILES string of the molecule is CC(=O)c1ccc(N2C(=O)CC(Oc3ccc([N+](=O)[O-])cc3)C2=O)cc1. The number of Topliss-reactive ketones (excluding diaryl/α,β-unsaturated/α-hetero) is 1. The van der Waals surface area contributed by atoms with E-state index in [1.807, 2.05) is 0 Å². The largest absolute Gasteiger partial charge is 0.480 e. The summed E-state index contributed by atoms with van der Waals surface area (Å²) in [5.41, 5.74) is 0.740. The first-order chi connectivity index (χ1) is 12.4. The Morgan fingerprint density at radius 1 is 1.12 bits per heavy atom. The Kier molecular flexibility index (Phi) is 4.49. The third-order valence-electron chi connectivity index (χ3n) is 3.96. The number of ketones is 1. The molecule has 1 heterocycles. The smallest absolute Gasteiger partial charge is 0.275 e. The van der Waals surface area contributed by atoms with Gasteiger partial charge in [-0.2, -0.15) is 0 Å². The highest BCUT2D eigenvalue weighted by Gasteiger charge is 2.41. The number of rotatable bonds is 5. The van der Waals surface area contributed by atoms with Gasteiger partial charge in [-0.25, -0.2) is 4.90 Å². The van der Waals surface area contributed by atoms with Gasteiger partial charge in [0.1, 0.15) is 5.75 Å². The summed E-state index contributed by atoms with van der Waals surface area (Å²) in [6.45, 7) is 1.43. The summed E-state index contributed by atoms with van der Waals surface area (Å²) in [6, 6.07) is 11.4. The van der Waals surface area contributed by atoms with Gasteiger partial charge in [-0.1, -0.05) is 0 Å². The van der Waals surface area contributed by atoms with E-state index in [4.69, 9.17) is 4.74 Å². The molecule has 0 saturated carbocycles. The lowest BCUT2D eigenvalue weighted by Gasteiger charge is -2.16. The molecule has 8 heteroatoms. The molecule has 8 nitrogen and oxygen atoms in total. The van der Waals surface area contributed by atoms with E-state index >= 15 is 0 Å². The molecule has 1 fully saturated rings. The van der Waals surface area contributed by atoms with Crippen molar-refractivity contribution in [1.82, 2.24) is 0 Å². The summed E-state index contributed by atoms with van der Waals surface area (Å²) in [6.07, 6.45) is -1.14. The van der Waals surface area contributed by atoms with Gasteiger partial charge in [0.2, 0.25) is 5.91 Å². The van der Waals surface area contributed by atoms with Crippen LogP contribution in [0.15, 0.2) is 48.5 Å². The maximum Gasteiger partial charge on any atom is 0.275 e. The van der Waals surface area contributed by atoms with Gasteiger partial charge in [0.15, 0.2) is 11.9 Å². The van der Waals surface area contributed by atoms with Crippen molar-refractivity contribution in [3.8, 4) is 5.75 Å². The number of benzene rings is 2. The Labute approximate surface area is 148 Å². The summed E-state index contributed by atoms with van der Waals surface area (Å²) < 4.78 is 5.52. The lowest BCUT2D eigenvalue weighted by molar-refractivity contribution is -0.384. The van der Waals surface area contributed by atoms with E-state index in [1.165, 1.54) is 43.3 Å². The lowest BCUT2D eigenvalue weighted by atomic mass is 10.1. The summed E-state index contributed by atoms with van der Waals surface area (Å²) in [5.74, 6) is -0.799. The Morgan fingerprint density at radius 2 is 1.73 bits per heavy atom. The predicted molar refractivity (Wildman–Crippen MR) is 91.1 cm³/mol. The monoisotopic (exact) mass is 354 g/mol. The molecule has 2 aromatic rings. The number of ether oxygens (including phenoxy) is 1. The number of carbonyl (C=O) groups excluding carboxylic acids is 3. The maximum atomic E-state index is 12.5. The molecule has 0 N–H and O–H groups in total. The van der Waals surface area contributed by atoms with Gasteiger partial charge < -0.3 is 4.74 Å². The fourth-order valence-electron chi connectivity index (χ4n) is 2.62. The van der Waals surface area contributed by atoms with Crippen molar-refractivity contribution in [3.63, 3.8) is 0 Å². The molecule has 3 rings (SSSR count). The fraction of sp³-hybridized carbons (Fsp3) is 0.167. The number of amides is 2. The van der Waals surface area contributed by atoms with Crippen LogP contribution in [-0.2, 0) is 9.59 Å². The third kappa shape index (κ3) is 3.30. The minimum absolute atomic E-state index is 0.0987. The number of hydrogen-bond acceptors (Lipinski definition) is 6. The highest BCUT2D eigenvalue weighted by atomic mass is 16.6. The molecule has 0 radical (unpaired) electrons. The quantitative estimate of drug-likeness (QED) is 0.353. The second-order valence-corrected chi connectivity index (χ2v) is 5.73. The van der Waals surface area contributed by atoms with Gasteiger partial charge in [-0.05, 0) is 43.3 Å².